The molecule has 0 bridgehead atoms. The zero-order valence-electron chi connectivity index (χ0n) is 9.52. The monoisotopic (exact) mass is 233 g/mol. The van der Waals surface area contributed by atoms with E-state index in [1.165, 1.54) is 11.9 Å². The molecule has 4 nitrogen and oxygen atoms in total. The van der Waals surface area contributed by atoms with Crippen LogP contribution in [0.5, 0.6) is 0 Å². The fourth-order valence-electron chi connectivity index (χ4n) is 0.880. The molecule has 0 aliphatic rings. The number of hydrogen-bond donors (Lipinski definition) is 1. The molecule has 5 heteroatoms. The average Bonchev–Trinajstić information content (AvgIpc) is 2.10. The summed E-state index contributed by atoms with van der Waals surface area (Å²) in [5.74, 6) is 0.870. The number of carboxylic acid groups (broad SMARTS) is 1. The van der Waals surface area contributed by atoms with Crippen LogP contribution in [-0.4, -0.2) is 47.0 Å². The van der Waals surface area contributed by atoms with E-state index in [1.54, 1.807) is 11.8 Å². The Balaban J connectivity index is 3.60. The highest BCUT2D eigenvalue weighted by Crippen LogP contribution is 2.09. The van der Waals surface area contributed by atoms with Gasteiger partial charge in [-0.3, -0.25) is 9.59 Å². The maximum absolute atomic E-state index is 11.4. The lowest BCUT2D eigenvalue weighted by Crippen LogP contribution is -2.33. The number of carbonyl (C=O) groups excluding carboxylic acids is 1. The summed E-state index contributed by atoms with van der Waals surface area (Å²) in [4.78, 5) is 22.9. The van der Waals surface area contributed by atoms with E-state index >= 15 is 0 Å². The minimum Gasteiger partial charge on any atom is -0.480 e. The van der Waals surface area contributed by atoms with Crippen LogP contribution in [0.15, 0.2) is 0 Å². The minimum absolute atomic E-state index is 0.119. The van der Waals surface area contributed by atoms with E-state index < -0.39 is 5.97 Å². The third-order valence-electron chi connectivity index (χ3n) is 1.86. The first kappa shape index (κ1) is 14.3. The normalized spacial score (nSPS) is 10.4. The van der Waals surface area contributed by atoms with Crippen LogP contribution in [0, 0.1) is 5.92 Å². The number of hydrogen-bond acceptors (Lipinski definition) is 3. The molecule has 0 aromatic carbocycles. The van der Waals surface area contributed by atoms with Crippen molar-refractivity contribution in [2.24, 2.45) is 5.92 Å². The molecule has 0 spiro atoms. The molecule has 0 fully saturated rings. The third-order valence-corrected chi connectivity index (χ3v) is 2.84. The molecule has 0 aromatic rings. The highest BCUT2D eigenvalue weighted by atomic mass is 32.2. The van der Waals surface area contributed by atoms with Gasteiger partial charge in [0.05, 0.1) is 5.75 Å². The summed E-state index contributed by atoms with van der Waals surface area (Å²) in [5.41, 5.74) is 0. The average molecular weight is 233 g/mol. The number of thioether (sulfide) groups is 1. The zero-order valence-corrected chi connectivity index (χ0v) is 10.3. The molecule has 1 N–H and O–H groups in total. The molecule has 1 amide bonds. The maximum atomic E-state index is 11.4. The van der Waals surface area contributed by atoms with Crippen LogP contribution in [0.25, 0.3) is 0 Å². The maximum Gasteiger partial charge on any atom is 0.323 e. The molecule has 0 radical (unpaired) electrons. The van der Waals surface area contributed by atoms with E-state index in [9.17, 15) is 9.59 Å². The Morgan fingerprint density at radius 2 is 2.00 bits per heavy atom. The van der Waals surface area contributed by atoms with Gasteiger partial charge in [0.1, 0.15) is 6.54 Å². The fraction of sp³-hybridized carbons (Fsp3) is 0.800. The standard InChI is InChI=1S/C10H19NO3S/c1-8(2)4-5-15-7-9(12)11(3)6-10(13)14/h8H,4-7H2,1-3H3,(H,13,14). The van der Waals surface area contributed by atoms with Gasteiger partial charge in [0, 0.05) is 7.05 Å². The topological polar surface area (TPSA) is 57.6 Å². The van der Waals surface area contributed by atoms with E-state index in [-0.39, 0.29) is 12.5 Å². The highest BCUT2D eigenvalue weighted by molar-refractivity contribution is 7.99. The van der Waals surface area contributed by atoms with Crippen LogP contribution in [0.3, 0.4) is 0 Å². The van der Waals surface area contributed by atoms with Crippen molar-refractivity contribution in [3.05, 3.63) is 0 Å². The van der Waals surface area contributed by atoms with Crippen molar-refractivity contribution in [2.45, 2.75) is 20.3 Å². The first-order valence-corrected chi connectivity index (χ1v) is 6.12. The van der Waals surface area contributed by atoms with Gasteiger partial charge in [-0.05, 0) is 18.1 Å². The van der Waals surface area contributed by atoms with Crippen LogP contribution in [0.4, 0.5) is 0 Å². The molecule has 0 saturated heterocycles. The van der Waals surface area contributed by atoms with Crippen LogP contribution in [-0.2, 0) is 9.59 Å². The van der Waals surface area contributed by atoms with Crippen molar-refractivity contribution in [2.75, 3.05) is 25.1 Å². The molecular weight excluding hydrogens is 214 g/mol. The van der Waals surface area contributed by atoms with Gasteiger partial charge >= 0.3 is 5.97 Å². The fourth-order valence-corrected chi connectivity index (χ4v) is 2.06. The lowest BCUT2D eigenvalue weighted by Gasteiger charge is -2.14. The molecule has 0 rings (SSSR count). The summed E-state index contributed by atoms with van der Waals surface area (Å²) >= 11 is 1.56. The number of rotatable bonds is 7. The molecule has 0 saturated carbocycles. The van der Waals surface area contributed by atoms with Crippen molar-refractivity contribution in [1.82, 2.24) is 4.90 Å². The van der Waals surface area contributed by atoms with Crippen LogP contribution < -0.4 is 0 Å². The molecule has 0 aliphatic heterocycles. The Kier molecular flexibility index (Phi) is 7.21. The summed E-state index contributed by atoms with van der Waals surface area (Å²) in [5, 5.41) is 8.48. The van der Waals surface area contributed by atoms with Gasteiger partial charge < -0.3 is 10.0 Å². The first-order chi connectivity index (χ1) is 6.93. The predicted molar refractivity (Wildman–Crippen MR) is 62.1 cm³/mol. The van der Waals surface area contributed by atoms with Gasteiger partial charge in [-0.25, -0.2) is 0 Å². The van der Waals surface area contributed by atoms with Gasteiger partial charge in [0.25, 0.3) is 0 Å². The van der Waals surface area contributed by atoms with Crippen LogP contribution in [0.1, 0.15) is 20.3 Å². The van der Waals surface area contributed by atoms with Crippen molar-refractivity contribution >= 4 is 23.6 Å². The van der Waals surface area contributed by atoms with Crippen molar-refractivity contribution in [3.8, 4) is 0 Å². The molecule has 0 aliphatic carbocycles. The number of amides is 1. The summed E-state index contributed by atoms with van der Waals surface area (Å²) in [6, 6.07) is 0. The number of carboxylic acids is 1. The summed E-state index contributed by atoms with van der Waals surface area (Å²) in [7, 11) is 1.51. The first-order valence-electron chi connectivity index (χ1n) is 4.97. The Hall–Kier alpha value is -0.710. The van der Waals surface area contributed by atoms with E-state index in [4.69, 9.17) is 5.11 Å². The van der Waals surface area contributed by atoms with Gasteiger partial charge in [0.2, 0.25) is 5.91 Å². The van der Waals surface area contributed by atoms with Gasteiger partial charge in [-0.1, -0.05) is 13.8 Å². The second-order valence-corrected chi connectivity index (χ2v) is 4.98. The minimum atomic E-state index is -0.974. The molecule has 0 heterocycles. The van der Waals surface area contributed by atoms with E-state index in [2.05, 4.69) is 13.8 Å². The summed E-state index contributed by atoms with van der Waals surface area (Å²) in [6.45, 7) is 4.06. The Labute approximate surface area is 95.0 Å². The van der Waals surface area contributed by atoms with Crippen molar-refractivity contribution in [1.29, 1.82) is 0 Å². The third kappa shape index (κ3) is 8.30. The quantitative estimate of drug-likeness (QED) is 0.674. The number of aliphatic carboxylic acids is 1. The Bertz CT molecular complexity index is 219. The van der Waals surface area contributed by atoms with Crippen LogP contribution >= 0.6 is 11.8 Å². The van der Waals surface area contributed by atoms with Crippen molar-refractivity contribution in [3.63, 3.8) is 0 Å². The molecule has 0 aromatic heterocycles. The second-order valence-electron chi connectivity index (χ2n) is 3.88. The summed E-state index contributed by atoms with van der Waals surface area (Å²) in [6.07, 6.45) is 1.08. The molecule has 15 heavy (non-hydrogen) atoms. The SMILES string of the molecule is CC(C)CCSCC(=O)N(C)CC(=O)O. The van der Waals surface area contributed by atoms with E-state index in [0.29, 0.717) is 11.7 Å². The molecule has 88 valence electrons. The number of carbonyl (C=O) groups is 2. The number of nitrogens with zero attached hydrogens (tertiary/aromatic N) is 1. The lowest BCUT2D eigenvalue weighted by molar-refractivity contribution is -0.142. The van der Waals surface area contributed by atoms with Crippen LogP contribution in [0.2, 0.25) is 0 Å². The second kappa shape index (κ2) is 7.56. The zero-order chi connectivity index (χ0) is 11.8. The highest BCUT2D eigenvalue weighted by Gasteiger charge is 2.11. The number of likely N-dealkylation sites (N-methyl/N-ethyl adjacent to an activating group) is 1. The van der Waals surface area contributed by atoms with Crippen molar-refractivity contribution < 1.29 is 14.7 Å². The molecular formula is C10H19NO3S. The summed E-state index contributed by atoms with van der Waals surface area (Å²) < 4.78 is 0. The van der Waals surface area contributed by atoms with Gasteiger partial charge in [0.15, 0.2) is 0 Å². The molecule has 0 atom stereocenters. The molecule has 0 unspecified atom stereocenters. The van der Waals surface area contributed by atoms with E-state index in [1.807, 2.05) is 0 Å². The smallest absolute Gasteiger partial charge is 0.323 e. The largest absolute Gasteiger partial charge is 0.480 e. The lowest BCUT2D eigenvalue weighted by atomic mass is 10.2. The Morgan fingerprint density at radius 1 is 1.40 bits per heavy atom. The van der Waals surface area contributed by atoms with Gasteiger partial charge in [-0.15, -0.1) is 0 Å². The Morgan fingerprint density at radius 3 is 2.47 bits per heavy atom. The van der Waals surface area contributed by atoms with Gasteiger partial charge in [-0.2, -0.15) is 11.8 Å². The van der Waals surface area contributed by atoms with E-state index in [0.717, 1.165) is 12.2 Å². The predicted octanol–water partition coefficient (Wildman–Crippen LogP) is 1.31.